The summed E-state index contributed by atoms with van der Waals surface area (Å²) in [6, 6.07) is 6.42. The number of hydrogen-bond acceptors (Lipinski definition) is 3. The molecule has 0 fully saturated rings. The lowest BCUT2D eigenvalue weighted by Gasteiger charge is -2.11. The summed E-state index contributed by atoms with van der Waals surface area (Å²) in [6.45, 7) is 0. The molecule has 4 nitrogen and oxygen atoms in total. The number of carbonyl (C=O) groups is 2. The van der Waals surface area contributed by atoms with Crippen LogP contribution in [0.3, 0.4) is 0 Å². The highest BCUT2D eigenvalue weighted by Crippen LogP contribution is 2.13. The minimum absolute atomic E-state index is 0.116. The predicted octanol–water partition coefficient (Wildman–Crippen LogP) is 1.10. The van der Waals surface area contributed by atoms with Crippen LogP contribution in [0.15, 0.2) is 24.3 Å². The van der Waals surface area contributed by atoms with Gasteiger partial charge in [-0.15, -0.1) is 12.6 Å². The summed E-state index contributed by atoms with van der Waals surface area (Å²) in [5.74, 6) is -0.942. The second kappa shape index (κ2) is 5.67. The van der Waals surface area contributed by atoms with Crippen molar-refractivity contribution in [2.24, 2.45) is 5.73 Å². The van der Waals surface area contributed by atoms with Gasteiger partial charge in [-0.1, -0.05) is 24.3 Å². The first-order chi connectivity index (χ1) is 7.50. The van der Waals surface area contributed by atoms with Gasteiger partial charge in [0.1, 0.15) is 0 Å². The molecule has 0 saturated heterocycles. The average Bonchev–Trinajstić information content (AvgIpc) is 2.16. The van der Waals surface area contributed by atoms with Crippen LogP contribution in [0.5, 0.6) is 0 Å². The first kappa shape index (κ1) is 12.7. The lowest BCUT2D eigenvalue weighted by molar-refractivity contribution is -0.137. The molecule has 1 atom stereocenters. The smallest absolute Gasteiger partial charge is 0.304 e. The van der Waals surface area contributed by atoms with Gasteiger partial charge >= 0.3 is 5.97 Å². The maximum atomic E-state index is 11.2. The highest BCUT2D eigenvalue weighted by atomic mass is 32.1. The Hall–Kier alpha value is -1.33. The van der Waals surface area contributed by atoms with E-state index in [0.717, 1.165) is 5.56 Å². The number of carboxylic acid groups (broad SMARTS) is 1. The van der Waals surface area contributed by atoms with Gasteiger partial charge in [0, 0.05) is 11.6 Å². The van der Waals surface area contributed by atoms with Crippen molar-refractivity contribution < 1.29 is 14.7 Å². The fourth-order valence-electron chi connectivity index (χ4n) is 1.49. The van der Waals surface area contributed by atoms with E-state index in [9.17, 15) is 9.59 Å². The van der Waals surface area contributed by atoms with Crippen molar-refractivity contribution in [2.75, 3.05) is 0 Å². The Balaban J connectivity index is 2.80. The topological polar surface area (TPSA) is 80.4 Å². The fourth-order valence-corrected chi connectivity index (χ4v) is 1.70. The van der Waals surface area contributed by atoms with Crippen molar-refractivity contribution in [3.05, 3.63) is 35.4 Å². The second-order valence-corrected chi connectivity index (χ2v) is 3.93. The Bertz CT molecular complexity index is 406. The van der Waals surface area contributed by atoms with Crippen LogP contribution in [0, 0.1) is 0 Å². The van der Waals surface area contributed by atoms with E-state index in [1.165, 1.54) is 0 Å². The summed E-state index contributed by atoms with van der Waals surface area (Å²) in [7, 11) is 0. The van der Waals surface area contributed by atoms with Crippen molar-refractivity contribution in [3.63, 3.8) is 0 Å². The van der Waals surface area contributed by atoms with Gasteiger partial charge in [-0.2, -0.15) is 0 Å². The Labute approximate surface area is 98.9 Å². The fraction of sp³-hybridized carbons (Fsp3) is 0.273. The number of nitrogens with two attached hydrogens (primary N) is 1. The molecule has 0 aromatic heterocycles. The molecule has 0 amide bonds. The van der Waals surface area contributed by atoms with Crippen LogP contribution in [0.2, 0.25) is 0 Å². The molecule has 86 valence electrons. The minimum Gasteiger partial charge on any atom is -0.481 e. The van der Waals surface area contributed by atoms with Gasteiger partial charge in [0.2, 0.25) is 5.12 Å². The summed E-state index contributed by atoms with van der Waals surface area (Å²) in [4.78, 5) is 21.6. The van der Waals surface area contributed by atoms with Crippen LogP contribution in [0.25, 0.3) is 0 Å². The molecule has 16 heavy (non-hydrogen) atoms. The normalized spacial score (nSPS) is 12.1. The number of benzene rings is 1. The number of aliphatic carboxylic acids is 1. The summed E-state index contributed by atoms with van der Waals surface area (Å²) in [6.07, 6.45) is 0.240. The maximum absolute atomic E-state index is 11.2. The van der Waals surface area contributed by atoms with Crippen molar-refractivity contribution in [1.82, 2.24) is 0 Å². The van der Waals surface area contributed by atoms with E-state index in [0.29, 0.717) is 12.0 Å². The highest BCUT2D eigenvalue weighted by Gasteiger charge is 2.13. The van der Waals surface area contributed by atoms with Crippen LogP contribution in [0.1, 0.15) is 22.3 Å². The number of rotatable bonds is 5. The van der Waals surface area contributed by atoms with Crippen LogP contribution in [-0.4, -0.2) is 22.2 Å². The molecule has 3 N–H and O–H groups in total. The number of carboxylic acids is 1. The largest absolute Gasteiger partial charge is 0.481 e. The molecular weight excluding hydrogens is 226 g/mol. The first-order valence-electron chi connectivity index (χ1n) is 4.79. The van der Waals surface area contributed by atoms with E-state index >= 15 is 0 Å². The molecule has 0 radical (unpaired) electrons. The quantitative estimate of drug-likeness (QED) is 0.672. The third-order valence-electron chi connectivity index (χ3n) is 2.17. The van der Waals surface area contributed by atoms with Crippen LogP contribution in [0.4, 0.5) is 0 Å². The van der Waals surface area contributed by atoms with Gasteiger partial charge in [-0.05, 0) is 12.0 Å². The van der Waals surface area contributed by atoms with Crippen molar-refractivity contribution in [3.8, 4) is 0 Å². The van der Waals surface area contributed by atoms with Gasteiger partial charge in [0.25, 0.3) is 0 Å². The van der Waals surface area contributed by atoms with Gasteiger partial charge < -0.3 is 10.8 Å². The van der Waals surface area contributed by atoms with Crippen LogP contribution >= 0.6 is 12.6 Å². The average molecular weight is 239 g/mol. The lowest BCUT2D eigenvalue weighted by Crippen LogP contribution is -2.26. The Morgan fingerprint density at radius 3 is 2.56 bits per heavy atom. The van der Waals surface area contributed by atoms with Crippen LogP contribution < -0.4 is 5.73 Å². The summed E-state index contributed by atoms with van der Waals surface area (Å²) in [5.41, 5.74) is 6.87. The van der Waals surface area contributed by atoms with Gasteiger partial charge in [0.05, 0.1) is 6.42 Å². The minimum atomic E-state index is -0.942. The van der Waals surface area contributed by atoms with Crippen molar-refractivity contribution in [2.45, 2.75) is 18.9 Å². The molecule has 0 bridgehead atoms. The molecule has 0 heterocycles. The van der Waals surface area contributed by atoms with Crippen LogP contribution in [-0.2, 0) is 11.2 Å². The molecule has 0 saturated carbocycles. The molecule has 1 aromatic rings. The Morgan fingerprint density at radius 1 is 1.38 bits per heavy atom. The second-order valence-electron chi connectivity index (χ2n) is 3.52. The number of carbonyl (C=O) groups excluding carboxylic acids is 1. The van der Waals surface area contributed by atoms with Gasteiger partial charge in [-0.25, -0.2) is 0 Å². The number of thiol groups is 1. The summed E-state index contributed by atoms with van der Waals surface area (Å²) in [5, 5.41) is 8.24. The monoisotopic (exact) mass is 239 g/mol. The third-order valence-corrected chi connectivity index (χ3v) is 2.41. The van der Waals surface area contributed by atoms with E-state index in [1.54, 1.807) is 24.3 Å². The summed E-state index contributed by atoms with van der Waals surface area (Å²) < 4.78 is 0. The molecular formula is C11H13NO3S. The van der Waals surface area contributed by atoms with E-state index in [1.807, 2.05) is 0 Å². The first-order valence-corrected chi connectivity index (χ1v) is 5.24. The predicted molar refractivity (Wildman–Crippen MR) is 63.7 cm³/mol. The van der Waals surface area contributed by atoms with E-state index in [2.05, 4.69) is 12.6 Å². The van der Waals surface area contributed by atoms with Gasteiger partial charge in [-0.3, -0.25) is 9.59 Å². The zero-order valence-corrected chi connectivity index (χ0v) is 9.48. The molecule has 1 aromatic carbocycles. The summed E-state index contributed by atoms with van der Waals surface area (Å²) >= 11 is 3.75. The Morgan fingerprint density at radius 2 is 2.00 bits per heavy atom. The maximum Gasteiger partial charge on any atom is 0.304 e. The van der Waals surface area contributed by atoms with E-state index in [-0.39, 0.29) is 11.5 Å². The number of hydrogen-bond donors (Lipinski definition) is 3. The molecule has 0 aliphatic rings. The Kier molecular flexibility index (Phi) is 4.52. The van der Waals surface area contributed by atoms with Gasteiger partial charge in [0.15, 0.2) is 0 Å². The third kappa shape index (κ3) is 3.67. The van der Waals surface area contributed by atoms with E-state index < -0.39 is 12.0 Å². The van der Waals surface area contributed by atoms with Crippen molar-refractivity contribution >= 4 is 23.7 Å². The van der Waals surface area contributed by atoms with Crippen molar-refractivity contribution in [1.29, 1.82) is 0 Å². The molecule has 0 aliphatic carbocycles. The molecule has 1 rings (SSSR count). The highest BCUT2D eigenvalue weighted by molar-refractivity contribution is 7.97. The lowest BCUT2D eigenvalue weighted by atomic mass is 9.99. The molecule has 0 aliphatic heterocycles. The SMILES string of the molecule is NC(CC(=O)O)Cc1ccccc1C(=O)S. The molecule has 0 spiro atoms. The molecule has 1 unspecified atom stereocenters. The van der Waals surface area contributed by atoms with E-state index in [4.69, 9.17) is 10.8 Å². The molecule has 5 heteroatoms. The zero-order valence-electron chi connectivity index (χ0n) is 8.59. The zero-order chi connectivity index (χ0) is 12.1. The standard InChI is InChI=1S/C11H13NO3S/c12-8(6-10(13)14)5-7-3-1-2-4-9(7)11(15)16/h1-4,8H,5-6,12H2,(H,13,14)(H,15,16).